The molecule has 5 rings (SSSR count). The minimum absolute atomic E-state index is 0.346. The minimum atomic E-state index is -0.610. The molecule has 0 amide bonds. The molecular formula is C22H14F2N4O. The molecule has 5 aromatic rings. The number of nitrogens with zero attached hydrogens (tertiary/aromatic N) is 4. The fourth-order valence-electron chi connectivity index (χ4n) is 3.30. The van der Waals surface area contributed by atoms with E-state index in [2.05, 4.69) is 15.3 Å². The van der Waals surface area contributed by atoms with Gasteiger partial charge in [-0.2, -0.15) is 4.52 Å². The fraction of sp³-hybridized carbons (Fsp3) is 0.0455. The number of ether oxygens (including phenoxy) is 1. The molecule has 0 aliphatic heterocycles. The number of fused-ring (bicyclic) bond motifs is 3. The monoisotopic (exact) mass is 388 g/mol. The summed E-state index contributed by atoms with van der Waals surface area (Å²) in [5, 5.41) is 14.1. The van der Waals surface area contributed by atoms with Gasteiger partial charge in [0.25, 0.3) is 0 Å². The van der Waals surface area contributed by atoms with Crippen LogP contribution in [0.4, 0.5) is 8.78 Å². The van der Waals surface area contributed by atoms with Gasteiger partial charge in [0, 0.05) is 10.8 Å². The van der Waals surface area contributed by atoms with Crippen molar-refractivity contribution >= 4 is 16.4 Å². The molecule has 0 fully saturated rings. The van der Waals surface area contributed by atoms with Crippen molar-refractivity contribution in [2.45, 2.75) is 6.10 Å². The standard InChI is InChI=1S/C22H14F2N4O/c23-16-9-5-14(6-10-16)20(15-7-11-17(24)12-8-15)29-22-19-4-2-1-3-18(19)21-26-25-13-28(21)27-22/h1-13,20H. The lowest BCUT2D eigenvalue weighted by atomic mass is 10.0. The summed E-state index contributed by atoms with van der Waals surface area (Å²) in [4.78, 5) is 0. The van der Waals surface area contributed by atoms with Gasteiger partial charge in [-0.25, -0.2) is 8.78 Å². The van der Waals surface area contributed by atoms with Crippen molar-refractivity contribution in [2.24, 2.45) is 0 Å². The van der Waals surface area contributed by atoms with Crippen molar-refractivity contribution < 1.29 is 13.5 Å². The molecule has 0 bridgehead atoms. The smallest absolute Gasteiger partial charge is 0.240 e. The second kappa shape index (κ2) is 6.94. The highest BCUT2D eigenvalue weighted by Crippen LogP contribution is 2.32. The van der Waals surface area contributed by atoms with E-state index in [1.807, 2.05) is 24.3 Å². The van der Waals surface area contributed by atoms with Crippen LogP contribution in [0.15, 0.2) is 79.1 Å². The number of benzene rings is 3. The van der Waals surface area contributed by atoms with Gasteiger partial charge in [-0.3, -0.25) is 0 Å². The predicted molar refractivity (Wildman–Crippen MR) is 104 cm³/mol. The van der Waals surface area contributed by atoms with E-state index in [1.165, 1.54) is 30.6 Å². The molecule has 2 aromatic heterocycles. The largest absolute Gasteiger partial charge is 0.463 e. The van der Waals surface area contributed by atoms with Crippen molar-refractivity contribution in [1.82, 2.24) is 19.8 Å². The third kappa shape index (κ3) is 3.16. The summed E-state index contributed by atoms with van der Waals surface area (Å²) in [6, 6.07) is 19.6. The Morgan fingerprint density at radius 3 is 1.97 bits per heavy atom. The molecule has 0 unspecified atom stereocenters. The number of aromatic nitrogens is 4. The molecule has 0 atom stereocenters. The second-order valence-corrected chi connectivity index (χ2v) is 6.55. The first-order chi connectivity index (χ1) is 14.2. The third-order valence-corrected chi connectivity index (χ3v) is 4.70. The lowest BCUT2D eigenvalue weighted by molar-refractivity contribution is 0.237. The molecule has 0 N–H and O–H groups in total. The molecular weight excluding hydrogens is 374 g/mol. The maximum atomic E-state index is 13.5. The molecule has 0 spiro atoms. The fourth-order valence-corrected chi connectivity index (χ4v) is 3.30. The molecule has 2 heterocycles. The molecule has 7 heteroatoms. The number of hydrogen-bond donors (Lipinski definition) is 0. The van der Waals surface area contributed by atoms with Crippen LogP contribution in [0.5, 0.6) is 5.88 Å². The maximum absolute atomic E-state index is 13.5. The Balaban J connectivity index is 1.67. The van der Waals surface area contributed by atoms with Crippen molar-refractivity contribution in [3.05, 3.63) is 102 Å². The summed E-state index contributed by atoms with van der Waals surface area (Å²) in [6.45, 7) is 0. The van der Waals surface area contributed by atoms with Crippen LogP contribution in [-0.2, 0) is 0 Å². The van der Waals surface area contributed by atoms with Gasteiger partial charge in [0.05, 0.1) is 0 Å². The average molecular weight is 388 g/mol. The van der Waals surface area contributed by atoms with Gasteiger partial charge >= 0.3 is 0 Å². The Morgan fingerprint density at radius 1 is 0.759 bits per heavy atom. The van der Waals surface area contributed by atoms with Gasteiger partial charge < -0.3 is 4.74 Å². The van der Waals surface area contributed by atoms with E-state index in [1.54, 1.807) is 28.8 Å². The van der Waals surface area contributed by atoms with Crippen molar-refractivity contribution in [2.75, 3.05) is 0 Å². The molecule has 0 saturated heterocycles. The molecule has 142 valence electrons. The molecule has 5 nitrogen and oxygen atoms in total. The number of hydrogen-bond acceptors (Lipinski definition) is 4. The lowest BCUT2D eigenvalue weighted by Crippen LogP contribution is -2.12. The number of halogens is 2. The van der Waals surface area contributed by atoms with Crippen LogP contribution in [0.2, 0.25) is 0 Å². The van der Waals surface area contributed by atoms with Gasteiger partial charge in [-0.1, -0.05) is 42.5 Å². The summed E-state index contributed by atoms with van der Waals surface area (Å²) < 4.78 is 34.8. The quantitative estimate of drug-likeness (QED) is 0.447. The molecule has 29 heavy (non-hydrogen) atoms. The van der Waals surface area contributed by atoms with Crippen LogP contribution < -0.4 is 4.74 Å². The van der Waals surface area contributed by atoms with Gasteiger partial charge in [0.15, 0.2) is 11.8 Å². The van der Waals surface area contributed by atoms with Gasteiger partial charge in [0.2, 0.25) is 5.88 Å². The highest BCUT2D eigenvalue weighted by molar-refractivity contribution is 5.96. The van der Waals surface area contributed by atoms with E-state index in [9.17, 15) is 8.78 Å². The van der Waals surface area contributed by atoms with Crippen LogP contribution in [-0.4, -0.2) is 19.8 Å². The lowest BCUT2D eigenvalue weighted by Gasteiger charge is -2.20. The van der Waals surface area contributed by atoms with Crippen LogP contribution in [0, 0.1) is 11.6 Å². The van der Waals surface area contributed by atoms with Gasteiger partial charge in [-0.15, -0.1) is 15.3 Å². The summed E-state index contributed by atoms with van der Waals surface area (Å²) in [7, 11) is 0. The molecule has 0 aliphatic carbocycles. The Morgan fingerprint density at radius 2 is 1.34 bits per heavy atom. The van der Waals surface area contributed by atoms with Gasteiger partial charge in [-0.05, 0) is 41.5 Å². The van der Waals surface area contributed by atoms with Crippen molar-refractivity contribution in [1.29, 1.82) is 0 Å². The van der Waals surface area contributed by atoms with E-state index in [0.717, 1.165) is 10.8 Å². The van der Waals surface area contributed by atoms with Crippen molar-refractivity contribution in [3.63, 3.8) is 0 Å². The first-order valence-corrected chi connectivity index (χ1v) is 8.95. The summed E-state index contributed by atoms with van der Waals surface area (Å²) >= 11 is 0. The summed E-state index contributed by atoms with van der Waals surface area (Å²) in [5.41, 5.74) is 2.05. The zero-order valence-electron chi connectivity index (χ0n) is 15.0. The Kier molecular flexibility index (Phi) is 4.13. The SMILES string of the molecule is Fc1ccc(C(Oc2nn3cnnc3c3ccccc23)c2ccc(F)cc2)cc1. The van der Waals surface area contributed by atoms with Crippen LogP contribution in [0.3, 0.4) is 0 Å². The van der Waals surface area contributed by atoms with E-state index >= 15 is 0 Å². The summed E-state index contributed by atoms with van der Waals surface area (Å²) in [6.07, 6.45) is 0.889. The molecule has 3 aromatic carbocycles. The van der Waals surface area contributed by atoms with E-state index < -0.39 is 6.10 Å². The topological polar surface area (TPSA) is 52.3 Å². The summed E-state index contributed by atoms with van der Waals surface area (Å²) in [5.74, 6) is -0.325. The second-order valence-electron chi connectivity index (χ2n) is 6.55. The first kappa shape index (κ1) is 17.2. The van der Waals surface area contributed by atoms with Crippen LogP contribution >= 0.6 is 0 Å². The Labute approximate surface area is 164 Å². The van der Waals surface area contributed by atoms with E-state index in [0.29, 0.717) is 22.7 Å². The van der Waals surface area contributed by atoms with Crippen LogP contribution in [0.1, 0.15) is 17.2 Å². The Hall–Kier alpha value is -3.87. The minimum Gasteiger partial charge on any atom is -0.463 e. The molecule has 0 aliphatic rings. The van der Waals surface area contributed by atoms with Crippen LogP contribution in [0.25, 0.3) is 16.4 Å². The van der Waals surface area contributed by atoms with Gasteiger partial charge in [0.1, 0.15) is 18.0 Å². The van der Waals surface area contributed by atoms with Crippen molar-refractivity contribution in [3.8, 4) is 5.88 Å². The third-order valence-electron chi connectivity index (χ3n) is 4.70. The molecule has 0 radical (unpaired) electrons. The van der Waals surface area contributed by atoms with E-state index in [4.69, 9.17) is 4.74 Å². The average Bonchev–Trinajstić information content (AvgIpc) is 3.22. The molecule has 0 saturated carbocycles. The highest BCUT2D eigenvalue weighted by Gasteiger charge is 2.20. The van der Waals surface area contributed by atoms with E-state index in [-0.39, 0.29) is 11.6 Å². The maximum Gasteiger partial charge on any atom is 0.240 e. The normalized spacial score (nSPS) is 11.4. The Bertz CT molecular complexity index is 1250. The zero-order valence-corrected chi connectivity index (χ0v) is 15.0. The highest BCUT2D eigenvalue weighted by atomic mass is 19.1. The predicted octanol–water partition coefficient (Wildman–Crippen LogP) is 4.72. The number of rotatable bonds is 4. The zero-order chi connectivity index (χ0) is 19.8. The first-order valence-electron chi connectivity index (χ1n) is 8.95.